The number of carbonyl (C=O) groups excluding carboxylic acids is 1. The van der Waals surface area contributed by atoms with Crippen LogP contribution in [0.5, 0.6) is 0 Å². The van der Waals surface area contributed by atoms with E-state index in [0.29, 0.717) is 17.6 Å². The van der Waals surface area contributed by atoms with Gasteiger partial charge in [0.05, 0.1) is 22.6 Å². The summed E-state index contributed by atoms with van der Waals surface area (Å²) in [6.45, 7) is 0.661. The Morgan fingerprint density at radius 3 is 2.79 bits per heavy atom. The van der Waals surface area contributed by atoms with Gasteiger partial charge >= 0.3 is 0 Å². The lowest BCUT2D eigenvalue weighted by Gasteiger charge is -2.25. The monoisotopic (exact) mass is 372 g/mol. The summed E-state index contributed by atoms with van der Waals surface area (Å²) in [5, 5.41) is 0.766. The number of rotatable bonds is 2. The first-order chi connectivity index (χ1) is 13.6. The molecular formula is C22H20N4O2. The number of likely N-dealkylation sites (tertiary alicyclic amines) is 1. The van der Waals surface area contributed by atoms with Gasteiger partial charge in [0, 0.05) is 30.6 Å². The average Bonchev–Trinajstić information content (AvgIpc) is 3.31. The van der Waals surface area contributed by atoms with E-state index in [4.69, 9.17) is 4.98 Å². The van der Waals surface area contributed by atoms with Crippen molar-refractivity contribution in [2.75, 3.05) is 6.54 Å². The number of aromatic nitrogens is 3. The van der Waals surface area contributed by atoms with Gasteiger partial charge in [0.2, 0.25) is 5.56 Å². The number of nitrogens with zero attached hydrogens (tertiary/aromatic N) is 3. The molecule has 6 nitrogen and oxygen atoms in total. The van der Waals surface area contributed by atoms with Crippen molar-refractivity contribution in [3.8, 4) is 0 Å². The largest absolute Gasteiger partial charge is 0.329 e. The number of H-pyrrole nitrogens is 1. The fourth-order valence-corrected chi connectivity index (χ4v) is 4.28. The normalized spacial score (nSPS) is 16.9. The Kier molecular flexibility index (Phi) is 3.79. The van der Waals surface area contributed by atoms with Gasteiger partial charge in [-0.15, -0.1) is 0 Å². The smallest absolute Gasteiger partial charge is 0.255 e. The summed E-state index contributed by atoms with van der Waals surface area (Å²) in [7, 11) is 1.99. The van der Waals surface area contributed by atoms with Crippen LogP contribution in [0.15, 0.2) is 59.4 Å². The van der Waals surface area contributed by atoms with E-state index in [1.54, 1.807) is 0 Å². The van der Waals surface area contributed by atoms with Crippen molar-refractivity contribution in [2.24, 2.45) is 7.05 Å². The Morgan fingerprint density at radius 2 is 1.93 bits per heavy atom. The summed E-state index contributed by atoms with van der Waals surface area (Å²) in [5.74, 6) is 0.776. The molecule has 2 aromatic carbocycles. The first-order valence-electron chi connectivity index (χ1n) is 9.48. The van der Waals surface area contributed by atoms with Gasteiger partial charge in [-0.25, -0.2) is 4.98 Å². The molecule has 140 valence electrons. The van der Waals surface area contributed by atoms with Gasteiger partial charge in [0.15, 0.2) is 0 Å². The summed E-state index contributed by atoms with van der Waals surface area (Å²) in [6.07, 6.45) is 1.78. The highest BCUT2D eigenvalue weighted by Crippen LogP contribution is 2.34. The molecule has 0 saturated carbocycles. The van der Waals surface area contributed by atoms with E-state index in [9.17, 15) is 9.59 Å². The predicted molar refractivity (Wildman–Crippen MR) is 108 cm³/mol. The van der Waals surface area contributed by atoms with Gasteiger partial charge in [0.25, 0.3) is 5.91 Å². The number of fused-ring (bicyclic) bond motifs is 2. The van der Waals surface area contributed by atoms with Crippen molar-refractivity contribution in [3.05, 3.63) is 76.3 Å². The van der Waals surface area contributed by atoms with Gasteiger partial charge in [-0.05, 0) is 31.0 Å². The number of aryl methyl sites for hydroxylation is 1. The van der Waals surface area contributed by atoms with Crippen LogP contribution in [-0.2, 0) is 7.05 Å². The molecule has 28 heavy (non-hydrogen) atoms. The number of hydrogen-bond donors (Lipinski definition) is 1. The number of imidazole rings is 1. The molecule has 0 spiro atoms. The first-order valence-corrected chi connectivity index (χ1v) is 9.48. The lowest BCUT2D eigenvalue weighted by Crippen LogP contribution is -2.32. The number of benzene rings is 2. The van der Waals surface area contributed by atoms with Gasteiger partial charge in [-0.3, -0.25) is 9.59 Å². The minimum absolute atomic E-state index is 0.0945. The molecule has 1 atom stereocenters. The number of hydrogen-bond acceptors (Lipinski definition) is 3. The zero-order valence-electron chi connectivity index (χ0n) is 15.6. The van der Waals surface area contributed by atoms with Gasteiger partial charge in [-0.2, -0.15) is 0 Å². The van der Waals surface area contributed by atoms with Gasteiger partial charge in [0.1, 0.15) is 5.82 Å². The molecule has 0 radical (unpaired) electrons. The van der Waals surface area contributed by atoms with Crippen LogP contribution in [0.3, 0.4) is 0 Å². The second-order valence-electron chi connectivity index (χ2n) is 7.27. The van der Waals surface area contributed by atoms with Crippen LogP contribution in [0.25, 0.3) is 21.9 Å². The summed E-state index contributed by atoms with van der Waals surface area (Å²) < 4.78 is 2.07. The quantitative estimate of drug-likeness (QED) is 0.586. The van der Waals surface area contributed by atoms with E-state index in [0.717, 1.165) is 35.1 Å². The van der Waals surface area contributed by atoms with Crippen LogP contribution in [0.4, 0.5) is 0 Å². The molecule has 6 heteroatoms. The van der Waals surface area contributed by atoms with Crippen molar-refractivity contribution in [2.45, 2.75) is 18.9 Å². The molecule has 2 aromatic heterocycles. The minimum atomic E-state index is -0.263. The zero-order valence-corrected chi connectivity index (χ0v) is 15.6. The van der Waals surface area contributed by atoms with E-state index in [2.05, 4.69) is 9.55 Å². The highest BCUT2D eigenvalue weighted by atomic mass is 16.2. The van der Waals surface area contributed by atoms with Crippen molar-refractivity contribution in [1.82, 2.24) is 19.4 Å². The molecular weight excluding hydrogens is 352 g/mol. The van der Waals surface area contributed by atoms with Gasteiger partial charge < -0.3 is 14.5 Å². The fraction of sp³-hybridized carbons (Fsp3) is 0.227. The van der Waals surface area contributed by atoms with E-state index >= 15 is 0 Å². The van der Waals surface area contributed by atoms with Crippen LogP contribution in [0.2, 0.25) is 0 Å². The van der Waals surface area contributed by atoms with Gasteiger partial charge in [-0.1, -0.05) is 30.3 Å². The van der Waals surface area contributed by atoms with Crippen molar-refractivity contribution in [3.63, 3.8) is 0 Å². The maximum atomic E-state index is 13.5. The second-order valence-corrected chi connectivity index (χ2v) is 7.27. The molecule has 1 fully saturated rings. The number of pyridine rings is 1. The molecule has 1 aliphatic heterocycles. The molecule has 1 N–H and O–H groups in total. The molecule has 1 amide bonds. The van der Waals surface area contributed by atoms with Crippen LogP contribution in [0, 0.1) is 0 Å². The maximum absolute atomic E-state index is 13.5. The predicted octanol–water partition coefficient (Wildman–Crippen LogP) is 3.39. The second kappa shape index (κ2) is 6.34. The topological polar surface area (TPSA) is 71.0 Å². The molecule has 0 unspecified atom stereocenters. The Hall–Kier alpha value is -3.41. The molecule has 5 rings (SSSR count). The third kappa shape index (κ3) is 2.52. The Morgan fingerprint density at radius 1 is 1.14 bits per heavy atom. The first kappa shape index (κ1) is 16.7. The summed E-state index contributed by atoms with van der Waals surface area (Å²) >= 11 is 0. The number of aromatic amines is 1. The standard InChI is InChI=1S/C22H20N4O2/c1-25-18-10-5-4-9-17(18)24-21(25)19-11-6-12-26(19)22(28)15-13-20(27)23-16-8-3-2-7-14(15)16/h2-5,7-10,13,19H,6,11-12H2,1H3,(H,23,27)/t19-/m0/s1. The highest BCUT2D eigenvalue weighted by molar-refractivity contribution is 6.06. The highest BCUT2D eigenvalue weighted by Gasteiger charge is 2.34. The van der Waals surface area contributed by atoms with Crippen molar-refractivity contribution < 1.29 is 4.79 Å². The van der Waals surface area contributed by atoms with E-state index in [-0.39, 0.29) is 17.5 Å². The van der Waals surface area contributed by atoms with E-state index in [1.807, 2.05) is 60.5 Å². The number of para-hydroxylation sites is 3. The van der Waals surface area contributed by atoms with Crippen LogP contribution in [-0.4, -0.2) is 31.9 Å². The van der Waals surface area contributed by atoms with E-state index < -0.39 is 0 Å². The number of carbonyl (C=O) groups is 1. The summed E-state index contributed by atoms with van der Waals surface area (Å²) in [4.78, 5) is 35.0. The average molecular weight is 372 g/mol. The maximum Gasteiger partial charge on any atom is 0.255 e. The van der Waals surface area contributed by atoms with Crippen molar-refractivity contribution in [1.29, 1.82) is 0 Å². The lowest BCUT2D eigenvalue weighted by atomic mass is 10.1. The lowest BCUT2D eigenvalue weighted by molar-refractivity contribution is 0.0730. The number of nitrogens with one attached hydrogen (secondary N) is 1. The molecule has 0 bridgehead atoms. The number of amides is 1. The molecule has 1 saturated heterocycles. The Bertz CT molecular complexity index is 1270. The Balaban J connectivity index is 1.60. The zero-order chi connectivity index (χ0) is 19.3. The van der Waals surface area contributed by atoms with E-state index in [1.165, 1.54) is 6.07 Å². The van der Waals surface area contributed by atoms with Crippen LogP contribution < -0.4 is 5.56 Å². The third-order valence-corrected chi connectivity index (χ3v) is 5.61. The Labute approximate surface area is 161 Å². The molecule has 4 aromatic rings. The van der Waals surface area contributed by atoms with Crippen LogP contribution >= 0.6 is 0 Å². The van der Waals surface area contributed by atoms with Crippen molar-refractivity contribution >= 4 is 27.8 Å². The molecule has 1 aliphatic rings. The fourth-order valence-electron chi connectivity index (χ4n) is 4.28. The minimum Gasteiger partial charge on any atom is -0.329 e. The van der Waals surface area contributed by atoms with Crippen LogP contribution in [0.1, 0.15) is 35.1 Å². The summed E-state index contributed by atoms with van der Waals surface area (Å²) in [5.41, 5.74) is 2.85. The molecule has 0 aliphatic carbocycles. The third-order valence-electron chi connectivity index (χ3n) is 5.61. The summed E-state index contributed by atoms with van der Waals surface area (Å²) in [6, 6.07) is 16.7. The molecule has 3 heterocycles. The SMILES string of the molecule is Cn1c([C@@H]2CCCN2C(=O)c2cc(=O)[nH]c3ccccc23)nc2ccccc21.